The van der Waals surface area contributed by atoms with Crippen molar-refractivity contribution < 1.29 is 19.5 Å². The number of oxime groups is 1. The molecule has 0 bridgehead atoms. The second-order valence-corrected chi connectivity index (χ2v) is 3.60. The summed E-state index contributed by atoms with van der Waals surface area (Å²) in [6.07, 6.45) is 1.82. The van der Waals surface area contributed by atoms with Gasteiger partial charge in [0.05, 0.1) is 0 Å². The largest absolute Gasteiger partial charge is 0.408 e. The van der Waals surface area contributed by atoms with Gasteiger partial charge in [0.15, 0.2) is 0 Å². The molecule has 0 saturated carbocycles. The number of esters is 1. The zero-order chi connectivity index (χ0) is 14.0. The van der Waals surface area contributed by atoms with Gasteiger partial charge in [0.25, 0.3) is 0 Å². The lowest BCUT2D eigenvalue weighted by atomic mass is 10.1. The zero-order valence-electron chi connectivity index (χ0n) is 10.6. The summed E-state index contributed by atoms with van der Waals surface area (Å²) in [5.74, 6) is -0.853. The first kappa shape index (κ1) is 16.2. The minimum Gasteiger partial charge on any atom is -0.408 e. The van der Waals surface area contributed by atoms with E-state index in [0.717, 1.165) is 6.42 Å². The number of urea groups is 1. The van der Waals surface area contributed by atoms with Crippen molar-refractivity contribution in [3.05, 3.63) is 0 Å². The first-order chi connectivity index (χ1) is 8.54. The fourth-order valence-corrected chi connectivity index (χ4v) is 1.21. The molecule has 0 unspecified atom stereocenters. The van der Waals surface area contributed by atoms with E-state index in [1.807, 2.05) is 0 Å². The van der Waals surface area contributed by atoms with Crippen molar-refractivity contribution in [2.75, 3.05) is 13.6 Å². The van der Waals surface area contributed by atoms with Gasteiger partial charge < -0.3 is 26.3 Å². The molecule has 8 nitrogen and oxygen atoms in total. The van der Waals surface area contributed by atoms with E-state index in [1.54, 1.807) is 0 Å². The number of carbonyl (C=O) groups excluding carboxylic acids is 2. The Morgan fingerprint density at radius 3 is 2.61 bits per heavy atom. The quantitative estimate of drug-likeness (QED) is 0.131. The van der Waals surface area contributed by atoms with Gasteiger partial charge in [-0.3, -0.25) is 0 Å². The molecule has 0 saturated heterocycles. The van der Waals surface area contributed by atoms with Gasteiger partial charge in [-0.2, -0.15) is 0 Å². The lowest BCUT2D eigenvalue weighted by Crippen LogP contribution is -2.46. The Labute approximate surface area is 106 Å². The van der Waals surface area contributed by atoms with Crippen LogP contribution in [0.3, 0.4) is 0 Å². The predicted octanol–water partition coefficient (Wildman–Crippen LogP) is -0.236. The Bertz CT molecular complexity index is 306. The number of amides is 2. The number of unbranched alkanes of at least 4 members (excludes halogenated alkanes) is 1. The monoisotopic (exact) mass is 260 g/mol. The Hall–Kier alpha value is -1.83. The van der Waals surface area contributed by atoms with Crippen LogP contribution < -0.4 is 16.4 Å². The van der Waals surface area contributed by atoms with Gasteiger partial charge in [0, 0.05) is 14.0 Å². The lowest BCUT2D eigenvalue weighted by Gasteiger charge is -2.16. The first-order valence-corrected chi connectivity index (χ1v) is 5.63. The summed E-state index contributed by atoms with van der Waals surface area (Å²) in [7, 11) is 1.44. The normalized spacial score (nSPS) is 12.7. The maximum absolute atomic E-state index is 11.7. The number of rotatable bonds is 6. The first-order valence-electron chi connectivity index (χ1n) is 5.63. The Balaban J connectivity index is 4.43. The zero-order valence-corrected chi connectivity index (χ0v) is 10.6. The van der Waals surface area contributed by atoms with Gasteiger partial charge in [0.2, 0.25) is 5.90 Å². The molecule has 1 atom stereocenters. The summed E-state index contributed by atoms with van der Waals surface area (Å²) in [6.45, 7) is 1.84. The molecule has 0 spiro atoms. The molecular weight excluding hydrogens is 240 g/mol. The number of nitrogens with two attached hydrogens (primary N) is 1. The van der Waals surface area contributed by atoms with Gasteiger partial charge in [0.1, 0.15) is 6.04 Å². The fourth-order valence-electron chi connectivity index (χ4n) is 1.21. The summed E-state index contributed by atoms with van der Waals surface area (Å²) in [4.78, 5) is 22.9. The van der Waals surface area contributed by atoms with Crippen molar-refractivity contribution in [1.29, 1.82) is 0 Å². The molecular formula is C10H20N4O4. The molecule has 2 amide bonds. The molecule has 0 aromatic rings. The molecule has 0 radical (unpaired) electrons. The van der Waals surface area contributed by atoms with Gasteiger partial charge in [-0.1, -0.05) is 5.16 Å². The van der Waals surface area contributed by atoms with Gasteiger partial charge in [-0.25, -0.2) is 9.59 Å². The molecule has 0 rings (SSSR count). The molecule has 0 aliphatic heterocycles. The Morgan fingerprint density at radius 1 is 1.44 bits per heavy atom. The van der Waals surface area contributed by atoms with Crippen LogP contribution in [-0.2, 0) is 9.53 Å². The molecule has 18 heavy (non-hydrogen) atoms. The van der Waals surface area contributed by atoms with E-state index in [4.69, 9.17) is 15.7 Å². The molecule has 5 N–H and O–H groups in total. The van der Waals surface area contributed by atoms with Gasteiger partial charge in [-0.05, 0) is 25.8 Å². The van der Waals surface area contributed by atoms with Crippen LogP contribution >= 0.6 is 0 Å². The topological polar surface area (TPSA) is 126 Å². The van der Waals surface area contributed by atoms with E-state index in [9.17, 15) is 9.59 Å². The molecule has 8 heteroatoms. The van der Waals surface area contributed by atoms with Crippen molar-refractivity contribution in [3.63, 3.8) is 0 Å². The second-order valence-electron chi connectivity index (χ2n) is 3.60. The van der Waals surface area contributed by atoms with Crippen LogP contribution in [0, 0.1) is 0 Å². The maximum atomic E-state index is 11.7. The van der Waals surface area contributed by atoms with Gasteiger partial charge >= 0.3 is 12.0 Å². The molecule has 0 aliphatic carbocycles. The number of nitrogens with zero attached hydrogens (tertiary/aromatic N) is 1. The standard InChI is InChI=1S/C10H20N4O4/c1-7(14-17)18-9(15)8(5-3-4-6-11)13-10(16)12-2/h8,17H,3-6,11H2,1-2H3,(H2,12,13,16)/t8-/m0/s1. The SMILES string of the molecule is CNC(=O)N[C@@H](CCCCN)C(=O)OC(C)=NO. The third-order valence-corrected chi connectivity index (χ3v) is 2.15. The number of carbonyl (C=O) groups is 2. The van der Waals surface area contributed by atoms with Crippen molar-refractivity contribution in [2.45, 2.75) is 32.2 Å². The van der Waals surface area contributed by atoms with Crippen LogP contribution in [0.1, 0.15) is 26.2 Å². The van der Waals surface area contributed by atoms with Crippen LogP contribution in [0.25, 0.3) is 0 Å². The third kappa shape index (κ3) is 6.69. The lowest BCUT2D eigenvalue weighted by molar-refractivity contribution is -0.138. The minimum atomic E-state index is -0.798. The highest BCUT2D eigenvalue weighted by Crippen LogP contribution is 2.03. The Kier molecular flexibility index (Phi) is 8.29. The van der Waals surface area contributed by atoms with Crippen LogP contribution in [0.4, 0.5) is 4.79 Å². The maximum Gasteiger partial charge on any atom is 0.335 e. The van der Waals surface area contributed by atoms with Crippen LogP contribution in [-0.4, -0.2) is 42.7 Å². The van der Waals surface area contributed by atoms with Gasteiger partial charge in [-0.15, -0.1) is 0 Å². The van der Waals surface area contributed by atoms with Crippen molar-refractivity contribution in [3.8, 4) is 0 Å². The van der Waals surface area contributed by atoms with Crippen molar-refractivity contribution in [2.24, 2.45) is 10.9 Å². The molecule has 0 fully saturated rings. The number of hydrogen-bond acceptors (Lipinski definition) is 6. The minimum absolute atomic E-state index is 0.178. The molecule has 0 aromatic carbocycles. The molecule has 104 valence electrons. The van der Waals surface area contributed by atoms with Crippen LogP contribution in [0.2, 0.25) is 0 Å². The highest BCUT2D eigenvalue weighted by Gasteiger charge is 2.22. The summed E-state index contributed by atoms with van der Waals surface area (Å²) < 4.78 is 4.73. The van der Waals surface area contributed by atoms with Crippen molar-refractivity contribution >= 4 is 17.9 Å². The summed E-state index contributed by atoms with van der Waals surface area (Å²) in [5, 5.41) is 15.9. The summed E-state index contributed by atoms with van der Waals surface area (Å²) in [6, 6.07) is -1.28. The highest BCUT2D eigenvalue weighted by molar-refractivity contribution is 5.91. The van der Waals surface area contributed by atoms with E-state index in [0.29, 0.717) is 19.4 Å². The average molecular weight is 260 g/mol. The average Bonchev–Trinajstić information content (AvgIpc) is 2.37. The van der Waals surface area contributed by atoms with E-state index in [-0.39, 0.29) is 5.90 Å². The third-order valence-electron chi connectivity index (χ3n) is 2.15. The van der Waals surface area contributed by atoms with E-state index >= 15 is 0 Å². The number of ether oxygens (including phenoxy) is 1. The van der Waals surface area contributed by atoms with Crippen molar-refractivity contribution in [1.82, 2.24) is 10.6 Å². The highest BCUT2D eigenvalue weighted by atomic mass is 16.6. The Morgan fingerprint density at radius 2 is 2.11 bits per heavy atom. The molecule has 0 aromatic heterocycles. The fraction of sp³-hybridized carbons (Fsp3) is 0.700. The summed E-state index contributed by atoms with van der Waals surface area (Å²) in [5.41, 5.74) is 5.35. The smallest absolute Gasteiger partial charge is 0.335 e. The van der Waals surface area contributed by atoms with E-state index in [2.05, 4.69) is 15.8 Å². The van der Waals surface area contributed by atoms with E-state index < -0.39 is 18.0 Å². The predicted molar refractivity (Wildman–Crippen MR) is 65.3 cm³/mol. The molecule has 0 aliphatic rings. The molecule has 0 heterocycles. The second kappa shape index (κ2) is 9.23. The summed E-state index contributed by atoms with van der Waals surface area (Å²) >= 11 is 0. The van der Waals surface area contributed by atoms with Crippen LogP contribution in [0.15, 0.2) is 5.16 Å². The van der Waals surface area contributed by atoms with Crippen LogP contribution in [0.5, 0.6) is 0 Å². The number of hydrogen-bond donors (Lipinski definition) is 4. The van der Waals surface area contributed by atoms with E-state index in [1.165, 1.54) is 14.0 Å². The number of nitrogens with one attached hydrogen (secondary N) is 2.